The molecule has 1 aromatic carbocycles. The van der Waals surface area contributed by atoms with Crippen LogP contribution in [-0.2, 0) is 14.8 Å². The van der Waals surface area contributed by atoms with Crippen molar-refractivity contribution >= 4 is 15.9 Å². The zero-order chi connectivity index (χ0) is 24.3. The predicted octanol–water partition coefficient (Wildman–Crippen LogP) is 3.21. The van der Waals surface area contributed by atoms with Crippen LogP contribution in [0.5, 0.6) is 0 Å². The van der Waals surface area contributed by atoms with Gasteiger partial charge in [-0.1, -0.05) is 0 Å². The number of nitrogens with zero attached hydrogens (tertiary/aromatic N) is 4. The van der Waals surface area contributed by atoms with E-state index >= 15 is 0 Å². The van der Waals surface area contributed by atoms with Gasteiger partial charge in [0.05, 0.1) is 10.5 Å². The summed E-state index contributed by atoms with van der Waals surface area (Å²) in [5.41, 5.74) is -0.286. The molecule has 1 aliphatic heterocycles. The van der Waals surface area contributed by atoms with E-state index in [9.17, 15) is 17.6 Å². The largest absolute Gasteiger partial charge is 0.340 e. The third-order valence-corrected chi connectivity index (χ3v) is 9.03. The molecule has 7 nitrogen and oxygen atoms in total. The van der Waals surface area contributed by atoms with Crippen LogP contribution in [0.15, 0.2) is 23.1 Å². The predicted molar refractivity (Wildman–Crippen MR) is 124 cm³/mol. The number of piperazine rings is 1. The van der Waals surface area contributed by atoms with E-state index in [1.54, 1.807) is 6.07 Å². The van der Waals surface area contributed by atoms with E-state index in [0.29, 0.717) is 31.7 Å². The smallest absolute Gasteiger partial charge is 0.243 e. The Hall–Kier alpha value is -2.02. The molecule has 33 heavy (non-hydrogen) atoms. The first-order valence-corrected chi connectivity index (χ1v) is 13.3. The Morgan fingerprint density at radius 3 is 2.21 bits per heavy atom. The Morgan fingerprint density at radius 2 is 1.70 bits per heavy atom. The van der Waals surface area contributed by atoms with Gasteiger partial charge in [0.1, 0.15) is 11.9 Å². The third-order valence-electron chi connectivity index (χ3n) is 6.90. The lowest BCUT2D eigenvalue weighted by atomic mass is 9.84. The highest BCUT2D eigenvalue weighted by Crippen LogP contribution is 2.34. The van der Waals surface area contributed by atoms with Gasteiger partial charge >= 0.3 is 0 Å². The molecule has 1 saturated carbocycles. The number of benzene rings is 1. The molecule has 0 unspecified atom stereocenters. The van der Waals surface area contributed by atoms with Gasteiger partial charge in [-0.25, -0.2) is 12.8 Å². The first-order chi connectivity index (χ1) is 15.6. The normalized spacial score (nSPS) is 22.7. The molecular formula is C24H35FN4O3S. The van der Waals surface area contributed by atoms with Crippen molar-refractivity contribution in [3.8, 4) is 6.07 Å². The number of halogens is 1. The van der Waals surface area contributed by atoms with Crippen molar-refractivity contribution in [3.05, 3.63) is 29.6 Å². The molecule has 0 bridgehead atoms. The fraction of sp³-hybridized carbons (Fsp3) is 0.667. The second kappa shape index (κ2) is 10.5. The van der Waals surface area contributed by atoms with Gasteiger partial charge in [0.15, 0.2) is 0 Å². The number of carbonyl (C=O) groups excluding carboxylic acids is 1. The van der Waals surface area contributed by atoms with E-state index < -0.39 is 15.8 Å². The summed E-state index contributed by atoms with van der Waals surface area (Å²) in [5, 5.41) is 9.10. The average Bonchev–Trinajstić information content (AvgIpc) is 2.79. The minimum Gasteiger partial charge on any atom is -0.340 e. The Labute approximate surface area is 197 Å². The fourth-order valence-corrected chi connectivity index (χ4v) is 6.97. The molecule has 182 valence electrons. The van der Waals surface area contributed by atoms with Crippen LogP contribution in [0.3, 0.4) is 0 Å². The van der Waals surface area contributed by atoms with Gasteiger partial charge in [-0.05, 0) is 71.6 Å². The van der Waals surface area contributed by atoms with Crippen molar-refractivity contribution < 1.29 is 17.6 Å². The molecule has 1 saturated heterocycles. The lowest BCUT2D eigenvalue weighted by Crippen LogP contribution is -2.53. The number of rotatable bonds is 6. The summed E-state index contributed by atoms with van der Waals surface area (Å²) in [4.78, 5) is 17.3. The number of hydrogen-bond donors (Lipinski definition) is 0. The van der Waals surface area contributed by atoms with Crippen molar-refractivity contribution in [2.24, 2.45) is 5.92 Å². The van der Waals surface area contributed by atoms with Gasteiger partial charge in [-0.3, -0.25) is 9.69 Å². The fourth-order valence-electron chi connectivity index (χ4n) is 5.06. The lowest BCUT2D eigenvalue weighted by molar-refractivity contribution is -0.138. The zero-order valence-corrected chi connectivity index (χ0v) is 20.8. The maximum atomic E-state index is 13.7. The Balaban J connectivity index is 1.67. The van der Waals surface area contributed by atoms with E-state index in [0.717, 1.165) is 38.3 Å². The summed E-state index contributed by atoms with van der Waals surface area (Å²) in [7, 11) is -3.91. The summed E-state index contributed by atoms with van der Waals surface area (Å²) in [6, 6.07) is 5.01. The number of sulfonamides is 1. The van der Waals surface area contributed by atoms with Gasteiger partial charge in [-0.15, -0.1) is 0 Å². The van der Waals surface area contributed by atoms with Crippen molar-refractivity contribution in [2.75, 3.05) is 26.2 Å². The van der Waals surface area contributed by atoms with Crippen LogP contribution in [0.2, 0.25) is 0 Å². The Kier molecular flexibility index (Phi) is 8.14. The minimum atomic E-state index is -3.91. The topological polar surface area (TPSA) is 84.7 Å². The first kappa shape index (κ1) is 25.6. The molecule has 2 aliphatic rings. The number of nitriles is 1. The number of carbonyl (C=O) groups is 1. The second-order valence-electron chi connectivity index (χ2n) is 9.64. The SMILES string of the molecule is CC(C)N1CCN(C(=O)C2CCC(N(C(C)C)S(=O)(=O)c3ccc(F)c(C#N)c3)CC2)CC1. The molecule has 1 amide bonds. The molecule has 1 aromatic rings. The summed E-state index contributed by atoms with van der Waals surface area (Å²) >= 11 is 0. The Morgan fingerprint density at radius 1 is 1.09 bits per heavy atom. The molecule has 9 heteroatoms. The summed E-state index contributed by atoms with van der Waals surface area (Å²) in [6.45, 7) is 11.2. The second-order valence-corrected chi connectivity index (χ2v) is 11.5. The molecule has 2 fully saturated rings. The van der Waals surface area contributed by atoms with Crippen LogP contribution in [-0.4, -0.2) is 72.7 Å². The maximum Gasteiger partial charge on any atom is 0.243 e. The van der Waals surface area contributed by atoms with Crippen LogP contribution in [0, 0.1) is 23.1 Å². The van der Waals surface area contributed by atoms with E-state index in [2.05, 4.69) is 18.7 Å². The van der Waals surface area contributed by atoms with Crippen LogP contribution in [0.4, 0.5) is 4.39 Å². The van der Waals surface area contributed by atoms with Gasteiger partial charge < -0.3 is 4.90 Å². The minimum absolute atomic E-state index is 0.0698. The summed E-state index contributed by atoms with van der Waals surface area (Å²) in [6.07, 6.45) is 2.51. The standard InChI is InChI=1S/C24H35FN4O3S/c1-17(2)27-11-13-28(14-12-27)24(30)19-5-7-21(8-6-19)29(18(3)4)33(31,32)22-9-10-23(25)20(15-22)16-26/h9-10,15,17-19,21H,5-8,11-14H2,1-4H3. The summed E-state index contributed by atoms with van der Waals surface area (Å²) < 4.78 is 42.0. The van der Waals surface area contributed by atoms with E-state index in [1.807, 2.05) is 18.7 Å². The van der Waals surface area contributed by atoms with Crippen LogP contribution in [0.1, 0.15) is 58.9 Å². The van der Waals surface area contributed by atoms with Gasteiger partial charge in [0.25, 0.3) is 0 Å². The lowest BCUT2D eigenvalue weighted by Gasteiger charge is -2.41. The van der Waals surface area contributed by atoms with Crippen molar-refractivity contribution in [1.82, 2.24) is 14.1 Å². The van der Waals surface area contributed by atoms with Crippen LogP contribution < -0.4 is 0 Å². The van der Waals surface area contributed by atoms with Gasteiger partial charge in [-0.2, -0.15) is 9.57 Å². The third kappa shape index (κ3) is 5.56. The van der Waals surface area contributed by atoms with Crippen molar-refractivity contribution in [2.45, 2.75) is 76.4 Å². The highest BCUT2D eigenvalue weighted by Gasteiger charge is 2.38. The molecule has 0 atom stereocenters. The van der Waals surface area contributed by atoms with Gasteiger partial charge in [0, 0.05) is 50.2 Å². The summed E-state index contributed by atoms with van der Waals surface area (Å²) in [5.74, 6) is -0.617. The molecule has 3 rings (SSSR count). The quantitative estimate of drug-likeness (QED) is 0.627. The average molecular weight is 479 g/mol. The van der Waals surface area contributed by atoms with Crippen molar-refractivity contribution in [3.63, 3.8) is 0 Å². The molecule has 0 N–H and O–H groups in total. The van der Waals surface area contributed by atoms with E-state index in [1.165, 1.54) is 10.4 Å². The van der Waals surface area contributed by atoms with E-state index in [4.69, 9.17) is 5.26 Å². The highest BCUT2D eigenvalue weighted by atomic mass is 32.2. The highest BCUT2D eigenvalue weighted by molar-refractivity contribution is 7.89. The maximum absolute atomic E-state index is 13.7. The molecule has 0 aromatic heterocycles. The van der Waals surface area contributed by atoms with Gasteiger partial charge in [0.2, 0.25) is 15.9 Å². The van der Waals surface area contributed by atoms with Crippen LogP contribution in [0.25, 0.3) is 0 Å². The molecular weight excluding hydrogens is 443 g/mol. The van der Waals surface area contributed by atoms with Crippen molar-refractivity contribution in [1.29, 1.82) is 5.26 Å². The molecule has 1 aliphatic carbocycles. The zero-order valence-electron chi connectivity index (χ0n) is 20.0. The molecule has 0 radical (unpaired) electrons. The number of amides is 1. The van der Waals surface area contributed by atoms with E-state index in [-0.39, 0.29) is 34.4 Å². The monoisotopic (exact) mass is 478 g/mol. The number of hydrogen-bond acceptors (Lipinski definition) is 5. The Bertz CT molecular complexity index is 989. The van der Waals surface area contributed by atoms with Crippen LogP contribution >= 0.6 is 0 Å². The molecule has 0 spiro atoms. The molecule has 1 heterocycles. The first-order valence-electron chi connectivity index (χ1n) is 11.8.